The van der Waals surface area contributed by atoms with Crippen LogP contribution in [0.2, 0.25) is 0 Å². The van der Waals surface area contributed by atoms with Crippen LogP contribution in [0.25, 0.3) is 10.9 Å². The van der Waals surface area contributed by atoms with E-state index in [2.05, 4.69) is 53.2 Å². The van der Waals surface area contributed by atoms with Crippen LogP contribution in [0.4, 0.5) is 0 Å². The van der Waals surface area contributed by atoms with E-state index in [0.29, 0.717) is 6.47 Å². The topological polar surface area (TPSA) is 31.2 Å². The van der Waals surface area contributed by atoms with Crippen LogP contribution in [0.1, 0.15) is 22.8 Å². The number of ether oxygens (including phenoxy) is 1. The van der Waals surface area contributed by atoms with E-state index in [4.69, 9.17) is 4.74 Å². The lowest BCUT2D eigenvalue weighted by Gasteiger charge is -2.17. The maximum Gasteiger partial charge on any atom is 0.294 e. The van der Waals surface area contributed by atoms with Crippen molar-refractivity contribution in [3.05, 3.63) is 108 Å². The van der Waals surface area contributed by atoms with Crippen molar-refractivity contribution < 1.29 is 9.53 Å². The number of carbonyl (C=O) groups excluding carboxylic acids is 1. The van der Waals surface area contributed by atoms with Gasteiger partial charge in [0.1, 0.15) is 0 Å². The molecule has 26 heavy (non-hydrogen) atoms. The van der Waals surface area contributed by atoms with Gasteiger partial charge < -0.3 is 9.30 Å². The monoisotopic (exact) mass is 341 g/mol. The molecule has 3 nitrogen and oxygen atoms in total. The number of rotatable bonds is 6. The molecule has 4 aromatic rings. The average Bonchev–Trinajstić information content (AvgIpc) is 3.10. The molecule has 1 aromatic heterocycles. The third-order valence-corrected chi connectivity index (χ3v) is 4.59. The van der Waals surface area contributed by atoms with Gasteiger partial charge in [0.05, 0.1) is 0 Å². The highest BCUT2D eigenvalue weighted by Gasteiger charge is 2.16. The van der Waals surface area contributed by atoms with E-state index in [1.54, 1.807) is 0 Å². The van der Waals surface area contributed by atoms with Crippen molar-refractivity contribution in [2.45, 2.75) is 12.6 Å². The van der Waals surface area contributed by atoms with E-state index in [-0.39, 0.29) is 0 Å². The first-order chi connectivity index (χ1) is 12.8. The number of hydrogen-bond acceptors (Lipinski definition) is 2. The smallest absolute Gasteiger partial charge is 0.294 e. The second-order valence-electron chi connectivity index (χ2n) is 6.27. The summed E-state index contributed by atoms with van der Waals surface area (Å²) in [6.07, 6.45) is 1.69. The molecular formula is C23H19NO2. The molecule has 1 heterocycles. The zero-order chi connectivity index (χ0) is 17.8. The summed E-state index contributed by atoms with van der Waals surface area (Å²) in [5.41, 5.74) is 4.30. The lowest BCUT2D eigenvalue weighted by Crippen LogP contribution is -2.06. The van der Waals surface area contributed by atoms with Crippen molar-refractivity contribution in [2.75, 3.05) is 0 Å². The van der Waals surface area contributed by atoms with Gasteiger partial charge in [0.15, 0.2) is 6.10 Å². The number of aromatic nitrogens is 1. The van der Waals surface area contributed by atoms with E-state index < -0.39 is 6.10 Å². The molecule has 0 aliphatic heterocycles. The van der Waals surface area contributed by atoms with Gasteiger partial charge in [-0.25, -0.2) is 0 Å². The highest BCUT2D eigenvalue weighted by atomic mass is 16.5. The van der Waals surface area contributed by atoms with Crippen LogP contribution in [-0.4, -0.2) is 11.0 Å². The first-order valence-electron chi connectivity index (χ1n) is 8.62. The quantitative estimate of drug-likeness (QED) is 0.465. The first kappa shape index (κ1) is 16.2. The number of nitrogens with zero attached hydrogens (tertiary/aromatic N) is 1. The summed E-state index contributed by atoms with van der Waals surface area (Å²) in [7, 11) is 0. The number of fused-ring (bicyclic) bond motifs is 1. The van der Waals surface area contributed by atoms with Crippen molar-refractivity contribution in [3.63, 3.8) is 0 Å². The molecule has 3 heteroatoms. The van der Waals surface area contributed by atoms with Gasteiger partial charge in [0, 0.05) is 18.3 Å². The Morgan fingerprint density at radius 1 is 0.846 bits per heavy atom. The predicted molar refractivity (Wildman–Crippen MR) is 103 cm³/mol. The van der Waals surface area contributed by atoms with Crippen LogP contribution in [-0.2, 0) is 16.1 Å². The van der Waals surface area contributed by atoms with Gasteiger partial charge in [-0.2, -0.15) is 0 Å². The Bertz CT molecular complexity index is 1010. The first-order valence-corrected chi connectivity index (χ1v) is 8.62. The number of benzene rings is 3. The van der Waals surface area contributed by atoms with Crippen LogP contribution in [0.15, 0.2) is 91.1 Å². The molecule has 4 rings (SSSR count). The molecule has 0 spiro atoms. The van der Waals surface area contributed by atoms with Crippen molar-refractivity contribution in [1.82, 2.24) is 4.57 Å². The maximum atomic E-state index is 11.1. The summed E-state index contributed by atoms with van der Waals surface area (Å²) in [5.74, 6) is 0. The Balaban J connectivity index is 1.74. The molecule has 0 saturated heterocycles. The van der Waals surface area contributed by atoms with Crippen LogP contribution in [0.5, 0.6) is 0 Å². The molecule has 1 unspecified atom stereocenters. The maximum absolute atomic E-state index is 11.1. The van der Waals surface area contributed by atoms with Crippen molar-refractivity contribution in [1.29, 1.82) is 0 Å². The third kappa shape index (κ3) is 3.24. The fourth-order valence-electron chi connectivity index (χ4n) is 3.31. The summed E-state index contributed by atoms with van der Waals surface area (Å²) in [4.78, 5) is 11.1. The number of hydrogen-bond donors (Lipinski definition) is 0. The van der Waals surface area contributed by atoms with E-state index in [1.807, 2.05) is 42.5 Å². The molecule has 3 aromatic carbocycles. The molecule has 0 N–H and O–H groups in total. The largest absolute Gasteiger partial charge is 0.455 e. The zero-order valence-electron chi connectivity index (χ0n) is 14.3. The molecule has 0 radical (unpaired) electrons. The van der Waals surface area contributed by atoms with Crippen LogP contribution < -0.4 is 0 Å². The summed E-state index contributed by atoms with van der Waals surface area (Å²) in [6, 6.07) is 28.5. The molecule has 1 atom stereocenters. The van der Waals surface area contributed by atoms with E-state index in [0.717, 1.165) is 23.2 Å². The normalized spacial score (nSPS) is 12.0. The average molecular weight is 341 g/mol. The number of carbonyl (C=O) groups is 1. The van der Waals surface area contributed by atoms with Crippen LogP contribution in [0, 0.1) is 0 Å². The Morgan fingerprint density at radius 3 is 2.31 bits per heavy atom. The van der Waals surface area contributed by atoms with Gasteiger partial charge in [-0.1, -0.05) is 72.8 Å². The molecule has 0 fully saturated rings. The van der Waals surface area contributed by atoms with Crippen LogP contribution >= 0.6 is 0 Å². The second-order valence-corrected chi connectivity index (χ2v) is 6.27. The molecular weight excluding hydrogens is 322 g/mol. The van der Waals surface area contributed by atoms with Crippen molar-refractivity contribution in [3.8, 4) is 0 Å². The third-order valence-electron chi connectivity index (χ3n) is 4.59. The molecule has 128 valence electrons. The van der Waals surface area contributed by atoms with Crippen molar-refractivity contribution in [2.24, 2.45) is 0 Å². The summed E-state index contributed by atoms with van der Waals surface area (Å²) in [6.45, 7) is 1.32. The highest BCUT2D eigenvalue weighted by molar-refractivity contribution is 5.81. The van der Waals surface area contributed by atoms with Gasteiger partial charge in [0.2, 0.25) is 0 Å². The van der Waals surface area contributed by atoms with E-state index in [1.165, 1.54) is 10.9 Å². The fraction of sp³-hybridized carbons (Fsp3) is 0.0870. The highest BCUT2D eigenvalue weighted by Crippen LogP contribution is 2.29. The predicted octanol–water partition coefficient (Wildman–Crippen LogP) is 4.95. The Labute approximate surface area is 152 Å². The molecule has 0 amide bonds. The summed E-state index contributed by atoms with van der Waals surface area (Å²) < 4.78 is 7.63. The lowest BCUT2D eigenvalue weighted by molar-refractivity contribution is -0.132. The van der Waals surface area contributed by atoms with Gasteiger partial charge in [0.25, 0.3) is 6.47 Å². The Kier molecular flexibility index (Phi) is 4.52. The standard InChI is InChI=1S/C23H19NO2/c25-17-26-23(20-9-5-2-6-10-20)21-12-11-19-13-14-24(22(19)15-21)16-18-7-3-1-4-8-18/h1-15,17,23H,16H2. The SMILES string of the molecule is O=COC(c1ccccc1)c1ccc2ccn(Cc3ccccc3)c2c1. The van der Waals surface area contributed by atoms with Crippen molar-refractivity contribution >= 4 is 17.4 Å². The van der Waals surface area contributed by atoms with E-state index in [9.17, 15) is 4.79 Å². The zero-order valence-corrected chi connectivity index (χ0v) is 14.3. The lowest BCUT2D eigenvalue weighted by atomic mass is 10.0. The second kappa shape index (κ2) is 7.28. The fourth-order valence-corrected chi connectivity index (χ4v) is 3.31. The van der Waals surface area contributed by atoms with Gasteiger partial charge in [-0.3, -0.25) is 4.79 Å². The van der Waals surface area contributed by atoms with E-state index >= 15 is 0 Å². The Hall–Kier alpha value is -3.33. The minimum absolute atomic E-state index is 0.404. The van der Waals surface area contributed by atoms with Crippen LogP contribution in [0.3, 0.4) is 0 Å². The molecule has 0 aliphatic carbocycles. The summed E-state index contributed by atoms with van der Waals surface area (Å²) >= 11 is 0. The molecule has 0 bridgehead atoms. The Morgan fingerprint density at radius 2 is 1.58 bits per heavy atom. The summed E-state index contributed by atoms with van der Waals surface area (Å²) in [5, 5.41) is 1.17. The van der Waals surface area contributed by atoms with Gasteiger partial charge in [-0.15, -0.1) is 0 Å². The minimum Gasteiger partial charge on any atom is -0.455 e. The van der Waals surface area contributed by atoms with Gasteiger partial charge >= 0.3 is 0 Å². The molecule has 0 aliphatic rings. The molecule has 0 saturated carbocycles. The van der Waals surface area contributed by atoms with Gasteiger partial charge in [-0.05, 0) is 34.2 Å². The minimum atomic E-state index is -0.404.